The van der Waals surface area contributed by atoms with Crippen LogP contribution in [-0.2, 0) is 11.3 Å². The second-order valence-corrected chi connectivity index (χ2v) is 6.47. The first-order valence-corrected chi connectivity index (χ1v) is 8.75. The Hall–Kier alpha value is -3.54. The van der Waals surface area contributed by atoms with Crippen molar-refractivity contribution in [2.24, 2.45) is 0 Å². The molecule has 0 bridgehead atoms. The van der Waals surface area contributed by atoms with Crippen LogP contribution in [0, 0.1) is 13.8 Å². The van der Waals surface area contributed by atoms with Gasteiger partial charge in [0.2, 0.25) is 5.76 Å². The number of hydrogen-bond acceptors (Lipinski definition) is 6. The fourth-order valence-corrected chi connectivity index (χ4v) is 3.24. The van der Waals surface area contributed by atoms with Crippen LogP contribution in [0.2, 0.25) is 0 Å². The van der Waals surface area contributed by atoms with Crippen molar-refractivity contribution in [1.29, 1.82) is 0 Å². The molecule has 0 saturated carbocycles. The van der Waals surface area contributed by atoms with Gasteiger partial charge in [-0.1, -0.05) is 18.2 Å². The van der Waals surface area contributed by atoms with Gasteiger partial charge in [0.1, 0.15) is 23.7 Å². The van der Waals surface area contributed by atoms with Gasteiger partial charge in [-0.3, -0.25) is 0 Å². The molecule has 0 unspecified atom stereocenters. The Morgan fingerprint density at radius 1 is 1.00 bits per heavy atom. The zero-order valence-corrected chi connectivity index (χ0v) is 15.7. The van der Waals surface area contributed by atoms with Gasteiger partial charge in [0.25, 0.3) is 0 Å². The molecule has 0 amide bonds. The van der Waals surface area contributed by atoms with E-state index in [2.05, 4.69) is 4.74 Å². The van der Waals surface area contributed by atoms with E-state index in [1.54, 1.807) is 19.1 Å². The average molecular weight is 378 g/mol. The predicted molar refractivity (Wildman–Crippen MR) is 104 cm³/mol. The van der Waals surface area contributed by atoms with Gasteiger partial charge in [-0.25, -0.2) is 9.59 Å². The highest BCUT2D eigenvalue weighted by Crippen LogP contribution is 2.31. The zero-order chi connectivity index (χ0) is 19.8. The number of fused-ring (bicyclic) bond motifs is 3. The van der Waals surface area contributed by atoms with Gasteiger partial charge in [-0.05, 0) is 43.5 Å². The molecule has 2 heterocycles. The first-order chi connectivity index (χ1) is 13.5. The molecule has 2 aromatic heterocycles. The summed E-state index contributed by atoms with van der Waals surface area (Å²) in [6.45, 7) is 3.80. The van der Waals surface area contributed by atoms with Gasteiger partial charge in [-0.15, -0.1) is 0 Å². The second-order valence-electron chi connectivity index (χ2n) is 6.47. The smallest absolute Gasteiger partial charge is 0.373 e. The van der Waals surface area contributed by atoms with E-state index < -0.39 is 5.97 Å². The lowest BCUT2D eigenvalue weighted by Crippen LogP contribution is -2.02. The number of methoxy groups -OCH3 is 1. The lowest BCUT2D eigenvalue weighted by molar-refractivity contribution is 0.0563. The van der Waals surface area contributed by atoms with E-state index in [1.165, 1.54) is 7.11 Å². The van der Waals surface area contributed by atoms with Crippen LogP contribution in [-0.4, -0.2) is 13.1 Å². The Morgan fingerprint density at radius 3 is 2.50 bits per heavy atom. The topological polar surface area (TPSA) is 78.9 Å². The Bertz CT molecular complexity index is 1260. The summed E-state index contributed by atoms with van der Waals surface area (Å²) < 4.78 is 21.5. The van der Waals surface area contributed by atoms with E-state index in [4.69, 9.17) is 13.6 Å². The van der Waals surface area contributed by atoms with Crippen LogP contribution in [0.25, 0.3) is 21.7 Å². The largest absolute Gasteiger partial charge is 0.488 e. The standard InChI is InChI=1S/C22H18O6/c1-12-18(26-11-14-10-19(22(24)25-3)27-13(14)2)9-8-16-15-6-4-5-7-17(15)21(23)28-20(12)16/h4-10H,11H2,1-3H3. The highest BCUT2D eigenvalue weighted by molar-refractivity contribution is 6.05. The van der Waals surface area contributed by atoms with E-state index in [9.17, 15) is 9.59 Å². The van der Waals surface area contributed by atoms with Crippen LogP contribution >= 0.6 is 0 Å². The molecule has 0 spiro atoms. The molecule has 0 saturated heterocycles. The van der Waals surface area contributed by atoms with Crippen molar-refractivity contribution < 1.29 is 23.1 Å². The number of furan rings is 1. The van der Waals surface area contributed by atoms with Crippen molar-refractivity contribution in [3.05, 3.63) is 75.5 Å². The molecular formula is C22H18O6. The maximum absolute atomic E-state index is 12.3. The van der Waals surface area contributed by atoms with Crippen LogP contribution in [0.1, 0.15) is 27.4 Å². The molecule has 0 N–H and O–H groups in total. The minimum absolute atomic E-state index is 0.131. The maximum atomic E-state index is 12.3. The first kappa shape index (κ1) is 17.9. The summed E-state index contributed by atoms with van der Waals surface area (Å²) in [5, 5.41) is 2.25. The molecule has 142 valence electrons. The zero-order valence-electron chi connectivity index (χ0n) is 15.7. The van der Waals surface area contributed by atoms with E-state index in [-0.39, 0.29) is 18.0 Å². The number of aryl methyl sites for hydroxylation is 2. The van der Waals surface area contributed by atoms with E-state index in [1.807, 2.05) is 37.3 Å². The molecular weight excluding hydrogens is 360 g/mol. The second kappa shape index (κ2) is 6.88. The molecule has 0 aliphatic heterocycles. The minimum atomic E-state index is -0.537. The van der Waals surface area contributed by atoms with Crippen LogP contribution in [0.4, 0.5) is 0 Å². The number of carbonyl (C=O) groups excluding carboxylic acids is 1. The third-order valence-electron chi connectivity index (χ3n) is 4.78. The molecule has 0 radical (unpaired) electrons. The SMILES string of the molecule is COC(=O)c1cc(COc2ccc3c(oc(=O)c4ccccc43)c2C)c(C)o1. The van der Waals surface area contributed by atoms with Crippen molar-refractivity contribution in [2.75, 3.05) is 7.11 Å². The summed E-state index contributed by atoms with van der Waals surface area (Å²) in [7, 11) is 1.30. The van der Waals surface area contributed by atoms with Gasteiger partial charge in [0, 0.05) is 16.5 Å². The van der Waals surface area contributed by atoms with Crippen molar-refractivity contribution in [1.82, 2.24) is 0 Å². The van der Waals surface area contributed by atoms with Gasteiger partial charge >= 0.3 is 11.6 Å². The molecule has 0 fully saturated rings. The number of hydrogen-bond donors (Lipinski definition) is 0. The van der Waals surface area contributed by atoms with Gasteiger partial charge < -0.3 is 18.3 Å². The van der Waals surface area contributed by atoms with Gasteiger partial charge in [0.15, 0.2) is 0 Å². The van der Waals surface area contributed by atoms with Crippen LogP contribution < -0.4 is 10.4 Å². The monoisotopic (exact) mass is 378 g/mol. The Kier molecular flexibility index (Phi) is 4.39. The quantitative estimate of drug-likeness (QED) is 0.295. The summed E-state index contributed by atoms with van der Waals surface area (Å²) in [5.74, 6) is 0.763. The van der Waals surface area contributed by atoms with E-state index >= 15 is 0 Å². The fraction of sp³-hybridized carbons (Fsp3) is 0.182. The highest BCUT2D eigenvalue weighted by Gasteiger charge is 2.16. The van der Waals surface area contributed by atoms with Crippen molar-refractivity contribution in [3.8, 4) is 5.75 Å². The van der Waals surface area contributed by atoms with E-state index in [0.717, 1.165) is 21.9 Å². The van der Waals surface area contributed by atoms with Crippen molar-refractivity contribution >= 4 is 27.7 Å². The normalized spacial score (nSPS) is 11.1. The summed E-state index contributed by atoms with van der Waals surface area (Å²) in [6, 6.07) is 12.7. The van der Waals surface area contributed by atoms with Crippen LogP contribution in [0.5, 0.6) is 5.75 Å². The minimum Gasteiger partial charge on any atom is -0.488 e. The van der Waals surface area contributed by atoms with E-state index in [0.29, 0.717) is 22.5 Å². The molecule has 6 heteroatoms. The number of esters is 1. The Balaban J connectivity index is 1.70. The lowest BCUT2D eigenvalue weighted by atomic mass is 10.0. The molecule has 0 aliphatic carbocycles. The molecule has 0 aliphatic rings. The summed E-state index contributed by atoms with van der Waals surface area (Å²) >= 11 is 0. The number of benzene rings is 2. The molecule has 4 aromatic rings. The average Bonchev–Trinajstić information content (AvgIpc) is 3.08. The number of rotatable bonds is 4. The van der Waals surface area contributed by atoms with Crippen molar-refractivity contribution in [2.45, 2.75) is 20.5 Å². The number of carbonyl (C=O) groups is 1. The Morgan fingerprint density at radius 2 is 1.75 bits per heavy atom. The third-order valence-corrected chi connectivity index (χ3v) is 4.78. The highest BCUT2D eigenvalue weighted by atomic mass is 16.5. The van der Waals surface area contributed by atoms with Crippen molar-refractivity contribution in [3.63, 3.8) is 0 Å². The molecule has 28 heavy (non-hydrogen) atoms. The molecule has 6 nitrogen and oxygen atoms in total. The molecule has 4 rings (SSSR count). The van der Waals surface area contributed by atoms with Gasteiger partial charge in [-0.2, -0.15) is 0 Å². The molecule has 2 aromatic carbocycles. The molecule has 0 atom stereocenters. The van der Waals surface area contributed by atoms with Crippen LogP contribution in [0.3, 0.4) is 0 Å². The summed E-state index contributed by atoms with van der Waals surface area (Å²) in [6.07, 6.45) is 0. The Labute approximate surface area is 160 Å². The maximum Gasteiger partial charge on any atom is 0.373 e. The summed E-state index contributed by atoms with van der Waals surface area (Å²) in [5.41, 5.74) is 1.59. The van der Waals surface area contributed by atoms with Gasteiger partial charge in [0.05, 0.1) is 12.5 Å². The first-order valence-electron chi connectivity index (χ1n) is 8.75. The third kappa shape index (κ3) is 2.93. The number of ether oxygens (including phenoxy) is 2. The summed E-state index contributed by atoms with van der Waals surface area (Å²) in [4.78, 5) is 23.9. The predicted octanol–water partition coefficient (Wildman–Crippen LogP) is 4.52. The van der Waals surface area contributed by atoms with Crippen LogP contribution in [0.15, 0.2) is 56.1 Å². The lowest BCUT2D eigenvalue weighted by Gasteiger charge is -2.11. The fourth-order valence-electron chi connectivity index (χ4n) is 3.24.